The Hall–Kier alpha value is -5.13. The molecule has 0 amide bonds. The third-order valence-electron chi connectivity index (χ3n) is 8.29. The van der Waals surface area contributed by atoms with Gasteiger partial charge in [0.1, 0.15) is 17.2 Å². The second-order valence-corrected chi connectivity index (χ2v) is 13.5. The lowest BCUT2D eigenvalue weighted by Crippen LogP contribution is -2.25. The smallest absolute Gasteiger partial charge is 0.440 e. The van der Waals surface area contributed by atoms with E-state index in [0.717, 1.165) is 12.3 Å². The molecule has 0 bridgehead atoms. The number of nitrogens with zero attached hydrogens (tertiary/aromatic N) is 4. The van der Waals surface area contributed by atoms with E-state index in [1.54, 1.807) is 36.9 Å². The highest BCUT2D eigenvalue weighted by atomic mass is 32.2. The minimum atomic E-state index is -3.92. The summed E-state index contributed by atoms with van der Waals surface area (Å²) in [7, 11) is -2.18. The molecule has 1 aliphatic heterocycles. The van der Waals surface area contributed by atoms with Gasteiger partial charge in [-0.05, 0) is 53.6 Å². The molecule has 10 nitrogen and oxygen atoms in total. The molecule has 1 N–H and O–H groups in total. The molecule has 1 saturated carbocycles. The number of aliphatic hydroxyl groups excluding tert-OH is 1. The topological polar surface area (TPSA) is 121 Å². The lowest BCUT2D eigenvalue weighted by Gasteiger charge is -2.14. The molecular formula is C33H25F3N4O6S. The lowest BCUT2D eigenvalue weighted by molar-refractivity contribution is -0.286. The van der Waals surface area contributed by atoms with Crippen molar-refractivity contribution >= 4 is 9.84 Å². The molecule has 3 aromatic carbocycles. The van der Waals surface area contributed by atoms with Gasteiger partial charge in [-0.15, -0.1) is 8.78 Å². The van der Waals surface area contributed by atoms with Gasteiger partial charge in [0, 0.05) is 55.3 Å². The fourth-order valence-electron chi connectivity index (χ4n) is 5.79. The van der Waals surface area contributed by atoms with Gasteiger partial charge >= 0.3 is 6.29 Å². The maximum absolute atomic E-state index is 15.2. The number of aliphatic hydroxyl groups is 1. The Morgan fingerprint density at radius 2 is 1.72 bits per heavy atom. The normalized spacial score (nSPS) is 15.9. The SMILES string of the molecule is [C-]#[N+]C1(c2cc(-c3ccc(-c4cc(F)c(CO)c(S(C)(=O)=O)c4)cc3-c3oc(C)nc3-c3ccc4c(c3)OC(F)(F)O4)n(C)n2)CC1. The van der Waals surface area contributed by atoms with E-state index in [9.17, 15) is 22.3 Å². The van der Waals surface area contributed by atoms with Crippen LogP contribution < -0.4 is 9.47 Å². The number of aromatic nitrogens is 3. The fourth-order valence-corrected chi connectivity index (χ4v) is 6.74. The summed E-state index contributed by atoms with van der Waals surface area (Å²) >= 11 is 0. The first-order valence-corrected chi connectivity index (χ1v) is 16.2. The number of hydrogen-bond donors (Lipinski definition) is 1. The molecule has 3 heterocycles. The zero-order valence-electron chi connectivity index (χ0n) is 25.1. The maximum atomic E-state index is 15.2. The maximum Gasteiger partial charge on any atom is 0.586 e. The molecule has 14 heteroatoms. The largest absolute Gasteiger partial charge is 0.586 e. The Balaban J connectivity index is 1.45. The monoisotopic (exact) mass is 662 g/mol. The summed E-state index contributed by atoms with van der Waals surface area (Å²) in [5.41, 5.74) is 2.52. The lowest BCUT2D eigenvalue weighted by atomic mass is 9.93. The van der Waals surface area contributed by atoms with Gasteiger partial charge in [-0.25, -0.2) is 24.4 Å². The van der Waals surface area contributed by atoms with Crippen molar-refractivity contribution < 1.29 is 40.6 Å². The van der Waals surface area contributed by atoms with E-state index in [1.165, 1.54) is 24.3 Å². The minimum Gasteiger partial charge on any atom is -0.440 e. The van der Waals surface area contributed by atoms with Crippen LogP contribution >= 0.6 is 0 Å². The number of aryl methyl sites for hydroxylation is 2. The van der Waals surface area contributed by atoms with Crippen molar-refractivity contribution in [3.63, 3.8) is 0 Å². The summed E-state index contributed by atoms with van der Waals surface area (Å²) < 4.78 is 84.9. The van der Waals surface area contributed by atoms with Gasteiger partial charge in [-0.3, -0.25) is 4.68 Å². The molecule has 1 fully saturated rings. The van der Waals surface area contributed by atoms with Crippen molar-refractivity contribution in [2.24, 2.45) is 7.05 Å². The van der Waals surface area contributed by atoms with Gasteiger partial charge < -0.3 is 23.8 Å². The standard InChI is InChI=1S/C33H25F3N4O6S/c1-17-38-30(19-6-8-26-27(13-19)46-33(35,36)45-26)31(44-17)22-11-18(20-12-24(34)23(16-41)28(14-20)47(4,42)43)5-7-21(22)25-15-29(39-40(25)3)32(37-2)9-10-32/h5-8,11-15,41H,9-10,16H2,1,3-4H3. The van der Waals surface area contributed by atoms with Crippen molar-refractivity contribution in [1.29, 1.82) is 0 Å². The number of halogens is 3. The van der Waals surface area contributed by atoms with Crippen molar-refractivity contribution in [2.75, 3.05) is 6.26 Å². The molecule has 2 aliphatic rings. The average molecular weight is 663 g/mol. The number of oxazole rings is 1. The quantitative estimate of drug-likeness (QED) is 0.193. The number of alkyl halides is 2. The first-order valence-electron chi connectivity index (χ1n) is 14.3. The molecule has 0 spiro atoms. The summed E-state index contributed by atoms with van der Waals surface area (Å²) in [6.07, 6.45) is -1.52. The zero-order valence-corrected chi connectivity index (χ0v) is 26.0. The zero-order chi connectivity index (χ0) is 33.5. The van der Waals surface area contributed by atoms with E-state index in [1.807, 2.05) is 6.07 Å². The number of hydrogen-bond acceptors (Lipinski definition) is 8. The highest BCUT2D eigenvalue weighted by Crippen LogP contribution is 2.51. The Morgan fingerprint density at radius 3 is 2.40 bits per heavy atom. The number of rotatable bonds is 7. The Morgan fingerprint density at radius 1 is 1.00 bits per heavy atom. The van der Waals surface area contributed by atoms with Crippen LogP contribution in [0.15, 0.2) is 63.9 Å². The Labute approximate surface area is 266 Å². The molecule has 47 heavy (non-hydrogen) atoms. The molecule has 0 atom stereocenters. The van der Waals surface area contributed by atoms with E-state index < -0.39 is 34.1 Å². The molecular weight excluding hydrogens is 637 g/mol. The molecule has 7 rings (SSSR count). The molecule has 0 unspecified atom stereocenters. The van der Waals surface area contributed by atoms with E-state index in [-0.39, 0.29) is 44.9 Å². The van der Waals surface area contributed by atoms with Gasteiger partial charge in [0.15, 0.2) is 33.0 Å². The first-order chi connectivity index (χ1) is 22.2. The summed E-state index contributed by atoms with van der Waals surface area (Å²) in [4.78, 5) is 8.00. The van der Waals surface area contributed by atoms with Crippen molar-refractivity contribution in [3.8, 4) is 56.5 Å². The van der Waals surface area contributed by atoms with E-state index in [2.05, 4.69) is 24.4 Å². The average Bonchev–Trinajstić information content (AvgIpc) is 3.41. The first kappa shape index (κ1) is 30.5. The van der Waals surface area contributed by atoms with Crippen LogP contribution in [0.5, 0.6) is 11.5 Å². The van der Waals surface area contributed by atoms with E-state index in [4.69, 9.17) is 11.0 Å². The molecule has 2 aromatic heterocycles. The van der Waals surface area contributed by atoms with Gasteiger partial charge in [0.25, 0.3) is 5.54 Å². The Bertz CT molecular complexity index is 2270. The second-order valence-electron chi connectivity index (χ2n) is 11.5. The fraction of sp³-hybridized carbons (Fsp3) is 0.242. The summed E-state index contributed by atoms with van der Waals surface area (Å²) in [5, 5.41) is 14.3. The number of benzene rings is 3. The predicted molar refractivity (Wildman–Crippen MR) is 162 cm³/mol. The van der Waals surface area contributed by atoms with Crippen LogP contribution in [-0.2, 0) is 29.0 Å². The highest BCUT2D eigenvalue weighted by molar-refractivity contribution is 7.90. The van der Waals surface area contributed by atoms with Gasteiger partial charge in [0.2, 0.25) is 0 Å². The number of fused-ring (bicyclic) bond motifs is 1. The van der Waals surface area contributed by atoms with Gasteiger partial charge in [-0.1, -0.05) is 12.1 Å². The third kappa shape index (κ3) is 5.21. The molecule has 1 aliphatic carbocycles. The minimum absolute atomic E-state index is 0.144. The van der Waals surface area contributed by atoms with Crippen molar-refractivity contribution in [3.05, 3.63) is 89.0 Å². The predicted octanol–water partition coefficient (Wildman–Crippen LogP) is 6.65. The van der Waals surface area contributed by atoms with Crippen LogP contribution in [-0.4, -0.2) is 40.8 Å². The van der Waals surface area contributed by atoms with Crippen LogP contribution in [0.1, 0.15) is 30.0 Å². The van der Waals surface area contributed by atoms with Crippen LogP contribution in [0.25, 0.3) is 49.8 Å². The van der Waals surface area contributed by atoms with Crippen LogP contribution in [0.4, 0.5) is 13.2 Å². The highest BCUT2D eigenvalue weighted by Gasteiger charge is 2.55. The van der Waals surface area contributed by atoms with Gasteiger partial charge in [0.05, 0.1) is 17.2 Å². The van der Waals surface area contributed by atoms with E-state index in [0.29, 0.717) is 46.5 Å². The summed E-state index contributed by atoms with van der Waals surface area (Å²) in [5.74, 6) is -0.743. The van der Waals surface area contributed by atoms with Crippen LogP contribution in [0, 0.1) is 19.3 Å². The van der Waals surface area contributed by atoms with Crippen LogP contribution in [0.2, 0.25) is 0 Å². The number of ether oxygens (including phenoxy) is 2. The summed E-state index contributed by atoms with van der Waals surface area (Å²) in [6.45, 7) is 8.51. The molecule has 5 aromatic rings. The van der Waals surface area contributed by atoms with Crippen molar-refractivity contribution in [2.45, 2.75) is 43.1 Å². The molecule has 0 saturated heterocycles. The molecule has 240 valence electrons. The molecule has 0 radical (unpaired) electrons. The number of sulfone groups is 1. The van der Waals surface area contributed by atoms with E-state index >= 15 is 4.39 Å². The summed E-state index contributed by atoms with van der Waals surface area (Å²) in [6, 6.07) is 13.6. The van der Waals surface area contributed by atoms with Gasteiger partial charge in [-0.2, -0.15) is 5.10 Å². The van der Waals surface area contributed by atoms with Crippen molar-refractivity contribution in [1.82, 2.24) is 14.8 Å². The Kier molecular flexibility index (Phi) is 6.78. The van der Waals surface area contributed by atoms with Crippen LogP contribution in [0.3, 0.4) is 0 Å². The second kappa shape index (κ2) is 10.4. The third-order valence-corrected chi connectivity index (χ3v) is 9.45.